The van der Waals surface area contributed by atoms with Gasteiger partial charge in [-0.05, 0) is 55.0 Å². The summed E-state index contributed by atoms with van der Waals surface area (Å²) in [4.78, 5) is 36.4. The summed E-state index contributed by atoms with van der Waals surface area (Å²) < 4.78 is 3.07. The van der Waals surface area contributed by atoms with Crippen LogP contribution in [0.25, 0.3) is 10.9 Å². The van der Waals surface area contributed by atoms with Gasteiger partial charge in [0.15, 0.2) is 0 Å². The third-order valence-corrected chi connectivity index (χ3v) is 6.93. The van der Waals surface area contributed by atoms with E-state index < -0.39 is 0 Å². The van der Waals surface area contributed by atoms with Gasteiger partial charge in [-0.25, -0.2) is 4.79 Å². The first-order valence-corrected chi connectivity index (χ1v) is 12.0. The normalized spacial score (nSPS) is 11.1. The van der Waals surface area contributed by atoms with Crippen molar-refractivity contribution in [1.29, 1.82) is 0 Å². The van der Waals surface area contributed by atoms with E-state index in [9.17, 15) is 9.59 Å². The number of thioether (sulfide) groups is 2. The smallest absolute Gasteiger partial charge is 0.283 e. The Bertz CT molecular complexity index is 1260. The maximum Gasteiger partial charge on any atom is 0.332 e. The fourth-order valence-corrected chi connectivity index (χ4v) is 5.00. The minimum Gasteiger partial charge on any atom is -0.283 e. The number of rotatable bonds is 9. The zero-order valence-electron chi connectivity index (χ0n) is 16.9. The quantitative estimate of drug-likeness (QED) is 0.280. The largest absolute Gasteiger partial charge is 0.332 e. The molecule has 3 heterocycles. The van der Waals surface area contributed by atoms with Crippen LogP contribution in [0.15, 0.2) is 92.7 Å². The summed E-state index contributed by atoms with van der Waals surface area (Å²) in [6.45, 7) is 0.416. The molecular formula is C23H22N4O2S2. The fraction of sp³-hybridized carbons (Fsp3) is 0.217. The van der Waals surface area contributed by atoms with Crippen molar-refractivity contribution in [1.82, 2.24) is 19.1 Å². The lowest BCUT2D eigenvalue weighted by molar-refractivity contribution is 0.568. The molecule has 0 atom stereocenters. The van der Waals surface area contributed by atoms with E-state index in [1.54, 1.807) is 58.9 Å². The number of nitrogens with zero attached hydrogens (tertiary/aromatic N) is 4. The Labute approximate surface area is 188 Å². The van der Waals surface area contributed by atoms with E-state index in [4.69, 9.17) is 0 Å². The predicted octanol–water partition coefficient (Wildman–Crippen LogP) is 4.28. The Balaban J connectivity index is 1.51. The van der Waals surface area contributed by atoms with Crippen LogP contribution in [0, 0.1) is 0 Å². The van der Waals surface area contributed by atoms with Crippen LogP contribution in [0.1, 0.15) is 12.8 Å². The number of para-hydroxylation sites is 1. The number of fused-ring (bicyclic) bond motifs is 1. The van der Waals surface area contributed by atoms with E-state index in [1.165, 1.54) is 9.46 Å². The molecule has 0 aliphatic carbocycles. The molecule has 1 aromatic carbocycles. The van der Waals surface area contributed by atoms with Crippen LogP contribution in [-0.4, -0.2) is 24.9 Å². The summed E-state index contributed by atoms with van der Waals surface area (Å²) in [7, 11) is 0. The Hall–Kier alpha value is -2.84. The Morgan fingerprint density at radius 2 is 1.39 bits per heavy atom. The molecule has 0 spiro atoms. The van der Waals surface area contributed by atoms with Gasteiger partial charge in [0.1, 0.15) is 0 Å². The lowest BCUT2D eigenvalue weighted by Crippen LogP contribution is -2.39. The van der Waals surface area contributed by atoms with Crippen LogP contribution in [0.4, 0.5) is 0 Å². The highest BCUT2D eigenvalue weighted by Crippen LogP contribution is 2.20. The summed E-state index contributed by atoms with van der Waals surface area (Å²) in [5.74, 6) is 1.36. The lowest BCUT2D eigenvalue weighted by Gasteiger charge is -2.14. The van der Waals surface area contributed by atoms with Gasteiger partial charge in [-0.3, -0.25) is 23.9 Å². The first-order chi connectivity index (χ1) is 15.2. The van der Waals surface area contributed by atoms with Crippen LogP contribution < -0.4 is 11.2 Å². The SMILES string of the molecule is O=c1c2ccccc2n(CSc2ccncc2)c(=O)n1CCCCSc1ccncc1. The summed E-state index contributed by atoms with van der Waals surface area (Å²) >= 11 is 3.30. The van der Waals surface area contributed by atoms with Crippen molar-refractivity contribution >= 4 is 34.4 Å². The van der Waals surface area contributed by atoms with E-state index in [2.05, 4.69) is 9.97 Å². The molecular weight excluding hydrogens is 428 g/mol. The minimum atomic E-state index is -0.257. The summed E-state index contributed by atoms with van der Waals surface area (Å²) in [5, 5.41) is 0.573. The number of hydrogen-bond acceptors (Lipinski definition) is 6. The zero-order valence-corrected chi connectivity index (χ0v) is 18.5. The van der Waals surface area contributed by atoms with Crippen molar-refractivity contribution in [3.05, 3.63) is 94.2 Å². The average Bonchev–Trinajstić information content (AvgIpc) is 2.82. The molecule has 4 rings (SSSR count). The number of benzene rings is 1. The molecule has 0 N–H and O–H groups in total. The van der Waals surface area contributed by atoms with Gasteiger partial charge in [0, 0.05) is 41.1 Å². The Kier molecular flexibility index (Phi) is 7.22. The van der Waals surface area contributed by atoms with Gasteiger partial charge in [0.2, 0.25) is 0 Å². The van der Waals surface area contributed by atoms with Crippen LogP contribution in [-0.2, 0) is 12.4 Å². The molecule has 158 valence electrons. The molecule has 0 bridgehead atoms. The van der Waals surface area contributed by atoms with Crippen molar-refractivity contribution in [3.63, 3.8) is 0 Å². The molecule has 0 aliphatic heterocycles. The number of hydrogen-bond donors (Lipinski definition) is 0. The van der Waals surface area contributed by atoms with Crippen LogP contribution in [0.5, 0.6) is 0 Å². The molecule has 0 radical (unpaired) electrons. The van der Waals surface area contributed by atoms with Crippen LogP contribution >= 0.6 is 23.5 Å². The van der Waals surface area contributed by atoms with Crippen molar-refractivity contribution in [2.24, 2.45) is 0 Å². The molecule has 8 heteroatoms. The molecule has 0 aliphatic rings. The second-order valence-corrected chi connectivity index (χ2v) is 9.07. The van der Waals surface area contributed by atoms with Crippen molar-refractivity contribution in [3.8, 4) is 0 Å². The first kappa shape index (κ1) is 21.4. The molecule has 0 amide bonds. The van der Waals surface area contributed by atoms with E-state index in [0.29, 0.717) is 23.3 Å². The van der Waals surface area contributed by atoms with Gasteiger partial charge >= 0.3 is 5.69 Å². The molecule has 4 aromatic rings. The number of unbranched alkanes of at least 4 members (excludes halogenated alkanes) is 1. The molecule has 31 heavy (non-hydrogen) atoms. The first-order valence-electron chi connectivity index (χ1n) is 10.0. The van der Waals surface area contributed by atoms with E-state index in [1.807, 2.05) is 42.5 Å². The van der Waals surface area contributed by atoms with E-state index in [0.717, 1.165) is 23.5 Å². The van der Waals surface area contributed by atoms with Gasteiger partial charge in [0.25, 0.3) is 5.56 Å². The maximum atomic E-state index is 13.2. The van der Waals surface area contributed by atoms with E-state index in [-0.39, 0.29) is 11.2 Å². The van der Waals surface area contributed by atoms with Crippen LogP contribution in [0.2, 0.25) is 0 Å². The zero-order chi connectivity index (χ0) is 21.5. The van der Waals surface area contributed by atoms with Gasteiger partial charge in [-0.15, -0.1) is 23.5 Å². The highest BCUT2D eigenvalue weighted by atomic mass is 32.2. The van der Waals surface area contributed by atoms with Gasteiger partial charge in [-0.2, -0.15) is 0 Å². The maximum absolute atomic E-state index is 13.2. The molecule has 3 aromatic heterocycles. The number of pyridine rings is 2. The third kappa shape index (κ3) is 5.26. The monoisotopic (exact) mass is 450 g/mol. The topological polar surface area (TPSA) is 69.8 Å². The second-order valence-electron chi connectivity index (χ2n) is 6.88. The summed E-state index contributed by atoms with van der Waals surface area (Å²) in [6.07, 6.45) is 8.70. The summed E-state index contributed by atoms with van der Waals surface area (Å²) in [5.41, 5.74) is 0.197. The average molecular weight is 451 g/mol. The van der Waals surface area contributed by atoms with Crippen molar-refractivity contribution in [2.45, 2.75) is 35.1 Å². The second kappa shape index (κ2) is 10.5. The van der Waals surface area contributed by atoms with Gasteiger partial charge in [0.05, 0.1) is 16.8 Å². The predicted molar refractivity (Wildman–Crippen MR) is 127 cm³/mol. The standard InChI is InChI=1S/C23H22N4O2S2/c28-22-20-5-1-2-6-21(20)27(17-31-19-9-13-25-14-10-19)23(29)26(22)15-3-4-16-30-18-7-11-24-12-8-18/h1-2,5-14H,3-4,15-17H2. The van der Waals surface area contributed by atoms with Gasteiger partial charge < -0.3 is 0 Å². The number of aromatic nitrogens is 4. The molecule has 0 fully saturated rings. The van der Waals surface area contributed by atoms with Gasteiger partial charge in [-0.1, -0.05) is 12.1 Å². The van der Waals surface area contributed by atoms with Crippen molar-refractivity contribution < 1.29 is 0 Å². The van der Waals surface area contributed by atoms with Crippen LogP contribution in [0.3, 0.4) is 0 Å². The van der Waals surface area contributed by atoms with Crippen molar-refractivity contribution in [2.75, 3.05) is 5.75 Å². The lowest BCUT2D eigenvalue weighted by atomic mass is 10.2. The summed E-state index contributed by atoms with van der Waals surface area (Å²) in [6, 6.07) is 15.1. The molecule has 6 nitrogen and oxygen atoms in total. The highest BCUT2D eigenvalue weighted by molar-refractivity contribution is 7.99. The molecule has 0 saturated carbocycles. The molecule has 0 saturated heterocycles. The Morgan fingerprint density at radius 1 is 0.742 bits per heavy atom. The fourth-order valence-electron chi connectivity index (χ4n) is 3.26. The third-order valence-electron chi connectivity index (χ3n) is 4.84. The van der Waals surface area contributed by atoms with E-state index >= 15 is 0 Å². The molecule has 0 unspecified atom stereocenters. The highest BCUT2D eigenvalue weighted by Gasteiger charge is 2.13. The Morgan fingerprint density at radius 3 is 2.10 bits per heavy atom. The minimum absolute atomic E-state index is 0.215.